The van der Waals surface area contributed by atoms with Gasteiger partial charge in [-0.05, 0) is 56.2 Å². The van der Waals surface area contributed by atoms with Crippen LogP contribution >= 0.6 is 11.3 Å². The Morgan fingerprint density at radius 3 is 2.41 bits per heavy atom. The molecule has 0 atom stereocenters. The topological polar surface area (TPSA) is 73.9 Å². The molecule has 32 heavy (non-hydrogen) atoms. The van der Waals surface area contributed by atoms with Gasteiger partial charge >= 0.3 is 0 Å². The average molecular weight is 457 g/mol. The van der Waals surface area contributed by atoms with E-state index in [0.29, 0.717) is 6.42 Å². The molecular formula is C24H32N4O3S. The molecule has 2 saturated heterocycles. The Hall–Kier alpha value is -2.42. The fraction of sp³-hybridized carbons (Fsp3) is 0.500. The van der Waals surface area contributed by atoms with Crippen LogP contribution in [0.1, 0.15) is 33.8 Å². The number of morpholine rings is 1. The molecule has 1 aromatic heterocycles. The lowest BCUT2D eigenvalue weighted by Crippen LogP contribution is -2.45. The van der Waals surface area contributed by atoms with Gasteiger partial charge in [-0.25, -0.2) is 0 Å². The van der Waals surface area contributed by atoms with Crippen LogP contribution in [0.25, 0.3) is 0 Å². The number of hydrogen-bond acceptors (Lipinski definition) is 6. The summed E-state index contributed by atoms with van der Waals surface area (Å²) in [7, 11) is 0. The van der Waals surface area contributed by atoms with E-state index in [4.69, 9.17) is 4.74 Å². The first-order chi connectivity index (χ1) is 15.6. The van der Waals surface area contributed by atoms with Crippen LogP contribution in [0, 0.1) is 6.92 Å². The third kappa shape index (κ3) is 6.31. The highest BCUT2D eigenvalue weighted by Gasteiger charge is 2.22. The standard InChI is InChI=1S/C24H32N4O3S/c1-18-2-7-22(32-18)24(30)26-20-8-11-27(12-9-20)13-10-23(29)25-19-3-5-21(6-4-19)28-14-16-31-17-15-28/h2-7,20H,8-17H2,1H3,(H,25,29)(H,26,30). The minimum Gasteiger partial charge on any atom is -0.378 e. The summed E-state index contributed by atoms with van der Waals surface area (Å²) in [5, 5.41) is 6.15. The van der Waals surface area contributed by atoms with E-state index < -0.39 is 0 Å². The Balaban J connectivity index is 1.15. The van der Waals surface area contributed by atoms with Crippen LogP contribution in [0.3, 0.4) is 0 Å². The van der Waals surface area contributed by atoms with E-state index in [1.165, 1.54) is 11.3 Å². The summed E-state index contributed by atoms with van der Waals surface area (Å²) < 4.78 is 5.40. The predicted octanol–water partition coefficient (Wildman–Crippen LogP) is 3.12. The average Bonchev–Trinajstić information content (AvgIpc) is 3.26. The van der Waals surface area contributed by atoms with Crippen LogP contribution in [0.5, 0.6) is 0 Å². The number of likely N-dealkylation sites (tertiary alicyclic amines) is 1. The van der Waals surface area contributed by atoms with Gasteiger partial charge in [-0.15, -0.1) is 11.3 Å². The smallest absolute Gasteiger partial charge is 0.261 e. The van der Waals surface area contributed by atoms with Crippen molar-refractivity contribution in [2.75, 3.05) is 56.2 Å². The Kier molecular flexibility index (Phi) is 7.78. The molecule has 2 aliphatic heterocycles. The molecule has 0 saturated carbocycles. The van der Waals surface area contributed by atoms with Crippen molar-refractivity contribution >= 4 is 34.5 Å². The number of benzene rings is 1. The molecular weight excluding hydrogens is 424 g/mol. The summed E-state index contributed by atoms with van der Waals surface area (Å²) >= 11 is 1.53. The van der Waals surface area contributed by atoms with Crippen LogP contribution in [-0.4, -0.2) is 68.7 Å². The maximum atomic E-state index is 12.4. The second kappa shape index (κ2) is 10.9. The Morgan fingerprint density at radius 2 is 1.75 bits per heavy atom. The summed E-state index contributed by atoms with van der Waals surface area (Å²) in [6.45, 7) is 7.87. The molecule has 0 radical (unpaired) electrons. The van der Waals surface area contributed by atoms with Crippen molar-refractivity contribution < 1.29 is 14.3 Å². The predicted molar refractivity (Wildman–Crippen MR) is 129 cm³/mol. The number of piperidine rings is 1. The molecule has 2 N–H and O–H groups in total. The monoisotopic (exact) mass is 456 g/mol. The van der Waals surface area contributed by atoms with E-state index in [0.717, 1.165) is 79.9 Å². The quantitative estimate of drug-likeness (QED) is 0.670. The maximum absolute atomic E-state index is 12.4. The first kappa shape index (κ1) is 22.8. The lowest BCUT2D eigenvalue weighted by molar-refractivity contribution is -0.116. The van der Waals surface area contributed by atoms with Crippen molar-refractivity contribution in [2.24, 2.45) is 0 Å². The molecule has 3 heterocycles. The highest BCUT2D eigenvalue weighted by atomic mass is 32.1. The van der Waals surface area contributed by atoms with Gasteiger partial charge in [0.25, 0.3) is 5.91 Å². The normalized spacial score (nSPS) is 17.8. The lowest BCUT2D eigenvalue weighted by Gasteiger charge is -2.32. The third-order valence-corrected chi connectivity index (χ3v) is 7.07. The number of nitrogens with one attached hydrogen (secondary N) is 2. The molecule has 0 unspecified atom stereocenters. The number of ether oxygens (including phenoxy) is 1. The largest absolute Gasteiger partial charge is 0.378 e. The number of nitrogens with zero attached hydrogens (tertiary/aromatic N) is 2. The molecule has 2 fully saturated rings. The number of hydrogen-bond donors (Lipinski definition) is 2. The van der Waals surface area contributed by atoms with Gasteiger partial charge in [-0.2, -0.15) is 0 Å². The zero-order chi connectivity index (χ0) is 22.3. The van der Waals surface area contributed by atoms with Crippen LogP contribution in [-0.2, 0) is 9.53 Å². The Bertz CT molecular complexity index is 900. The van der Waals surface area contributed by atoms with Crippen molar-refractivity contribution in [3.63, 3.8) is 0 Å². The van der Waals surface area contributed by atoms with Crippen molar-refractivity contribution in [2.45, 2.75) is 32.2 Å². The molecule has 8 heteroatoms. The second-order valence-electron chi connectivity index (χ2n) is 8.44. The molecule has 172 valence electrons. The second-order valence-corrected chi connectivity index (χ2v) is 9.73. The minimum atomic E-state index is 0.0283. The van der Waals surface area contributed by atoms with Gasteiger partial charge in [0, 0.05) is 61.4 Å². The molecule has 2 amide bonds. The summed E-state index contributed by atoms with van der Waals surface area (Å²) in [6.07, 6.45) is 2.30. The molecule has 0 spiro atoms. The van der Waals surface area contributed by atoms with E-state index >= 15 is 0 Å². The highest BCUT2D eigenvalue weighted by Crippen LogP contribution is 2.20. The minimum absolute atomic E-state index is 0.0283. The van der Waals surface area contributed by atoms with Gasteiger partial charge in [0.05, 0.1) is 18.1 Å². The van der Waals surface area contributed by atoms with Gasteiger partial charge in [0.15, 0.2) is 0 Å². The molecule has 1 aromatic carbocycles. The summed E-state index contributed by atoms with van der Waals surface area (Å²) in [4.78, 5) is 31.2. The summed E-state index contributed by atoms with van der Waals surface area (Å²) in [5.41, 5.74) is 1.99. The number of carbonyl (C=O) groups is 2. The van der Waals surface area contributed by atoms with Crippen LogP contribution in [0.2, 0.25) is 0 Å². The van der Waals surface area contributed by atoms with E-state index in [1.54, 1.807) is 0 Å². The third-order valence-electron chi connectivity index (χ3n) is 6.07. The number of carbonyl (C=O) groups excluding carboxylic acids is 2. The van der Waals surface area contributed by atoms with Gasteiger partial charge in [-0.1, -0.05) is 0 Å². The molecule has 2 aliphatic rings. The molecule has 0 bridgehead atoms. The van der Waals surface area contributed by atoms with Crippen LogP contribution < -0.4 is 15.5 Å². The van der Waals surface area contributed by atoms with Gasteiger partial charge in [0.1, 0.15) is 0 Å². The first-order valence-electron chi connectivity index (χ1n) is 11.4. The fourth-order valence-electron chi connectivity index (χ4n) is 4.17. The Morgan fingerprint density at radius 1 is 1.03 bits per heavy atom. The van der Waals surface area contributed by atoms with E-state index in [2.05, 4.69) is 32.6 Å². The maximum Gasteiger partial charge on any atom is 0.261 e. The van der Waals surface area contributed by atoms with Gasteiger partial charge in [-0.3, -0.25) is 9.59 Å². The van der Waals surface area contributed by atoms with Crippen LogP contribution in [0.4, 0.5) is 11.4 Å². The fourth-order valence-corrected chi connectivity index (χ4v) is 4.94. The summed E-state index contributed by atoms with van der Waals surface area (Å²) in [6, 6.07) is 12.1. The van der Waals surface area contributed by atoms with Crippen molar-refractivity contribution in [1.82, 2.24) is 10.2 Å². The number of rotatable bonds is 7. The number of thiophene rings is 1. The lowest BCUT2D eigenvalue weighted by atomic mass is 10.0. The van der Waals surface area contributed by atoms with E-state index in [1.807, 2.05) is 31.2 Å². The number of amides is 2. The van der Waals surface area contributed by atoms with Crippen molar-refractivity contribution in [3.8, 4) is 0 Å². The van der Waals surface area contributed by atoms with Crippen molar-refractivity contribution in [3.05, 3.63) is 46.2 Å². The van der Waals surface area contributed by atoms with Gasteiger partial charge < -0.3 is 25.2 Å². The molecule has 0 aliphatic carbocycles. The summed E-state index contributed by atoms with van der Waals surface area (Å²) in [5.74, 6) is 0.0631. The van der Waals surface area contributed by atoms with Crippen molar-refractivity contribution in [1.29, 1.82) is 0 Å². The SMILES string of the molecule is Cc1ccc(C(=O)NC2CCN(CCC(=O)Nc3ccc(N4CCOCC4)cc3)CC2)s1. The van der Waals surface area contributed by atoms with Crippen LogP contribution in [0.15, 0.2) is 36.4 Å². The van der Waals surface area contributed by atoms with E-state index in [-0.39, 0.29) is 17.9 Å². The van der Waals surface area contributed by atoms with E-state index in [9.17, 15) is 9.59 Å². The zero-order valence-electron chi connectivity index (χ0n) is 18.6. The number of anilines is 2. The first-order valence-corrected chi connectivity index (χ1v) is 12.2. The highest BCUT2D eigenvalue weighted by molar-refractivity contribution is 7.13. The molecule has 7 nitrogen and oxygen atoms in total. The zero-order valence-corrected chi connectivity index (χ0v) is 19.5. The van der Waals surface area contributed by atoms with Gasteiger partial charge in [0.2, 0.25) is 5.91 Å². The molecule has 2 aromatic rings. The Labute approximate surface area is 193 Å². The molecule has 4 rings (SSSR count). The number of aryl methyl sites for hydroxylation is 1.